The Morgan fingerprint density at radius 2 is 1.74 bits per heavy atom. The monoisotopic (exact) mass is 345 g/mol. The van der Waals surface area contributed by atoms with Crippen LogP contribution in [0.2, 0.25) is 0 Å². The molecule has 0 fully saturated rings. The van der Waals surface area contributed by atoms with Crippen molar-refractivity contribution >= 4 is 21.8 Å². The van der Waals surface area contributed by atoms with Gasteiger partial charge in [-0.3, -0.25) is 4.79 Å². The fourth-order valence-electron chi connectivity index (χ4n) is 1.43. The molecule has 0 radical (unpaired) electrons. The minimum Gasteiger partial charge on any atom is -0.329 e. The van der Waals surface area contributed by atoms with Crippen LogP contribution in [0.15, 0.2) is 18.2 Å². The van der Waals surface area contributed by atoms with Crippen LogP contribution in [0.3, 0.4) is 0 Å². The van der Waals surface area contributed by atoms with E-state index in [4.69, 9.17) is 0 Å². The highest BCUT2D eigenvalue weighted by Gasteiger charge is 2.34. The molecule has 1 amide bonds. The van der Waals surface area contributed by atoms with E-state index in [2.05, 4.69) is 15.9 Å². The molecule has 0 bridgehead atoms. The van der Waals surface area contributed by atoms with Gasteiger partial charge in [-0.05, 0) is 12.1 Å². The second-order valence-corrected chi connectivity index (χ2v) is 4.42. The average Bonchev–Trinajstić information content (AvgIpc) is 2.26. The summed E-state index contributed by atoms with van der Waals surface area (Å²) in [6.45, 7) is -1.88. The Kier molecular flexibility index (Phi) is 5.28. The van der Waals surface area contributed by atoms with Gasteiger partial charge in [-0.15, -0.1) is 0 Å². The second-order valence-electron chi connectivity index (χ2n) is 3.63. The lowest BCUT2D eigenvalue weighted by atomic mass is 10.1. The van der Waals surface area contributed by atoms with E-state index in [9.17, 15) is 26.7 Å². The van der Waals surface area contributed by atoms with Crippen LogP contribution in [0.5, 0.6) is 0 Å². The summed E-state index contributed by atoms with van der Waals surface area (Å²) in [6.07, 6.45) is -4.64. The Morgan fingerprint density at radius 3 is 2.16 bits per heavy atom. The molecule has 1 aromatic carbocycles. The quantitative estimate of drug-likeness (QED) is 0.605. The average molecular weight is 346 g/mol. The van der Waals surface area contributed by atoms with Crippen LogP contribution in [-0.4, -0.2) is 35.4 Å². The van der Waals surface area contributed by atoms with E-state index in [0.29, 0.717) is 4.90 Å². The van der Waals surface area contributed by atoms with Crippen LogP contribution >= 0.6 is 15.9 Å². The minimum absolute atomic E-state index is 0.0604. The van der Waals surface area contributed by atoms with E-state index in [-0.39, 0.29) is 11.9 Å². The van der Waals surface area contributed by atoms with Crippen LogP contribution in [0.1, 0.15) is 10.4 Å². The summed E-state index contributed by atoms with van der Waals surface area (Å²) in [5.41, 5.74) is -0.979. The summed E-state index contributed by atoms with van der Waals surface area (Å²) in [7, 11) is 0. The zero-order valence-electron chi connectivity index (χ0n) is 9.48. The number of nitrogens with zero attached hydrogens (tertiary/aromatic N) is 1. The third-order valence-electron chi connectivity index (χ3n) is 2.19. The van der Waals surface area contributed by atoms with Crippen molar-refractivity contribution in [3.05, 3.63) is 35.4 Å². The van der Waals surface area contributed by atoms with Gasteiger partial charge in [-0.1, -0.05) is 22.0 Å². The first-order valence-corrected chi connectivity index (χ1v) is 6.24. The Bertz CT molecular complexity index is 443. The lowest BCUT2D eigenvalue weighted by Crippen LogP contribution is -2.40. The molecule has 0 aliphatic rings. The molecule has 1 rings (SSSR count). The number of carbonyl (C=O) groups is 1. The number of halogens is 6. The molecule has 8 heteroatoms. The fraction of sp³-hybridized carbons (Fsp3) is 0.364. The highest BCUT2D eigenvalue weighted by atomic mass is 79.9. The highest BCUT2D eigenvalue weighted by molar-refractivity contribution is 9.09. The van der Waals surface area contributed by atoms with E-state index in [1.165, 1.54) is 0 Å². The Balaban J connectivity index is 3.06. The SMILES string of the molecule is O=C(c1c(F)cccc1F)N(CCBr)CC(F)(F)F. The smallest absolute Gasteiger partial charge is 0.329 e. The Morgan fingerprint density at radius 1 is 1.21 bits per heavy atom. The topological polar surface area (TPSA) is 20.3 Å². The number of carbonyl (C=O) groups excluding carboxylic acids is 1. The Hall–Kier alpha value is -1.18. The van der Waals surface area contributed by atoms with Gasteiger partial charge in [-0.25, -0.2) is 8.78 Å². The molecule has 0 N–H and O–H groups in total. The molecule has 106 valence electrons. The summed E-state index contributed by atoms with van der Waals surface area (Å²) in [6, 6.07) is 2.66. The van der Waals surface area contributed by atoms with Gasteiger partial charge in [-0.2, -0.15) is 13.2 Å². The molecule has 0 spiro atoms. The van der Waals surface area contributed by atoms with E-state index in [1.807, 2.05) is 0 Å². The summed E-state index contributed by atoms with van der Waals surface area (Å²) >= 11 is 2.89. The minimum atomic E-state index is -4.64. The summed E-state index contributed by atoms with van der Waals surface area (Å²) in [4.78, 5) is 12.1. The zero-order valence-corrected chi connectivity index (χ0v) is 11.1. The second kappa shape index (κ2) is 6.31. The molecule has 0 aliphatic carbocycles. The van der Waals surface area contributed by atoms with Crippen molar-refractivity contribution in [2.45, 2.75) is 6.18 Å². The van der Waals surface area contributed by atoms with Gasteiger partial charge in [0, 0.05) is 11.9 Å². The predicted molar refractivity (Wildman–Crippen MR) is 62.1 cm³/mol. The molecule has 0 unspecified atom stereocenters. The molecular formula is C11H9BrF5NO. The fourth-order valence-corrected chi connectivity index (χ4v) is 1.86. The van der Waals surface area contributed by atoms with E-state index < -0.39 is 35.8 Å². The molecule has 19 heavy (non-hydrogen) atoms. The van der Waals surface area contributed by atoms with Crippen LogP contribution in [0, 0.1) is 11.6 Å². The lowest BCUT2D eigenvalue weighted by Gasteiger charge is -2.23. The van der Waals surface area contributed by atoms with Gasteiger partial charge in [0.05, 0.1) is 0 Å². The van der Waals surface area contributed by atoms with Crippen LogP contribution in [0.4, 0.5) is 22.0 Å². The van der Waals surface area contributed by atoms with Crippen molar-refractivity contribution in [1.82, 2.24) is 4.90 Å². The van der Waals surface area contributed by atoms with Crippen LogP contribution in [0.25, 0.3) is 0 Å². The standard InChI is InChI=1S/C11H9BrF5NO/c12-4-5-18(6-11(15,16)17)10(19)9-7(13)2-1-3-8(9)14/h1-3H,4-6H2. The van der Waals surface area contributed by atoms with Gasteiger partial charge in [0.15, 0.2) is 0 Å². The number of benzene rings is 1. The van der Waals surface area contributed by atoms with Crippen molar-refractivity contribution in [2.75, 3.05) is 18.4 Å². The molecule has 0 saturated carbocycles. The predicted octanol–water partition coefficient (Wildman–Crippen LogP) is 3.36. The highest BCUT2D eigenvalue weighted by Crippen LogP contribution is 2.20. The molecule has 0 aromatic heterocycles. The van der Waals surface area contributed by atoms with Crippen LogP contribution in [-0.2, 0) is 0 Å². The maximum atomic E-state index is 13.4. The normalized spacial score (nSPS) is 11.5. The largest absolute Gasteiger partial charge is 0.406 e. The molecule has 0 aliphatic heterocycles. The van der Waals surface area contributed by atoms with Crippen molar-refractivity contribution in [3.8, 4) is 0 Å². The molecular weight excluding hydrogens is 337 g/mol. The van der Waals surface area contributed by atoms with Gasteiger partial charge >= 0.3 is 6.18 Å². The van der Waals surface area contributed by atoms with E-state index >= 15 is 0 Å². The third kappa shape index (κ3) is 4.45. The van der Waals surface area contributed by atoms with Crippen molar-refractivity contribution in [2.24, 2.45) is 0 Å². The van der Waals surface area contributed by atoms with Crippen LogP contribution < -0.4 is 0 Å². The molecule has 0 saturated heterocycles. The van der Waals surface area contributed by atoms with Gasteiger partial charge in [0.2, 0.25) is 0 Å². The molecule has 0 atom stereocenters. The third-order valence-corrected chi connectivity index (χ3v) is 2.54. The van der Waals surface area contributed by atoms with Gasteiger partial charge < -0.3 is 4.90 Å². The number of rotatable bonds is 4. The lowest BCUT2D eigenvalue weighted by molar-refractivity contribution is -0.140. The van der Waals surface area contributed by atoms with Crippen molar-refractivity contribution in [3.63, 3.8) is 0 Å². The zero-order chi connectivity index (χ0) is 14.6. The number of hydrogen-bond donors (Lipinski definition) is 0. The number of alkyl halides is 4. The van der Waals surface area contributed by atoms with Crippen molar-refractivity contribution < 1.29 is 26.7 Å². The van der Waals surface area contributed by atoms with E-state index in [0.717, 1.165) is 18.2 Å². The molecule has 0 heterocycles. The molecule has 2 nitrogen and oxygen atoms in total. The first kappa shape index (κ1) is 15.9. The van der Waals surface area contributed by atoms with E-state index in [1.54, 1.807) is 0 Å². The number of hydrogen-bond acceptors (Lipinski definition) is 1. The first-order valence-electron chi connectivity index (χ1n) is 5.12. The number of amides is 1. The maximum Gasteiger partial charge on any atom is 0.406 e. The van der Waals surface area contributed by atoms with Gasteiger partial charge in [0.25, 0.3) is 5.91 Å². The molecule has 1 aromatic rings. The van der Waals surface area contributed by atoms with Gasteiger partial charge in [0.1, 0.15) is 23.7 Å². The summed E-state index contributed by atoms with van der Waals surface area (Å²) in [5.74, 6) is -3.70. The summed E-state index contributed by atoms with van der Waals surface area (Å²) < 4.78 is 63.6. The first-order chi connectivity index (χ1) is 8.76. The Labute approximate surface area is 114 Å². The maximum absolute atomic E-state index is 13.4. The summed E-state index contributed by atoms with van der Waals surface area (Å²) in [5, 5.41) is 0.0604. The van der Waals surface area contributed by atoms with Crippen molar-refractivity contribution in [1.29, 1.82) is 0 Å².